The second-order valence-corrected chi connectivity index (χ2v) is 5.89. The number of phenols is 1. The third-order valence-electron chi connectivity index (χ3n) is 3.54. The minimum atomic E-state index is -0.929. The number of hydrogen-bond donors (Lipinski definition) is 2. The average molecular weight is 370 g/mol. The molecule has 0 saturated carbocycles. The van der Waals surface area contributed by atoms with Crippen molar-refractivity contribution < 1.29 is 19.4 Å². The highest BCUT2D eigenvalue weighted by Gasteiger charge is 2.46. The Hall–Kier alpha value is -2.09. The smallest absolute Gasteiger partial charge is 0.346 e. The number of halogens is 1. The van der Waals surface area contributed by atoms with E-state index in [9.17, 15) is 14.7 Å². The SMILES string of the molecule is CC[C@]1(C)NC(=O)N(/N=C/c2cc(Br)c(O)c(OC)c2)C1=O. The first kappa shape index (κ1) is 16.3. The number of aromatic hydroxyl groups is 1. The van der Waals surface area contributed by atoms with Gasteiger partial charge >= 0.3 is 6.03 Å². The topological polar surface area (TPSA) is 91.2 Å². The molecule has 22 heavy (non-hydrogen) atoms. The van der Waals surface area contributed by atoms with Gasteiger partial charge in [0.05, 0.1) is 17.8 Å². The van der Waals surface area contributed by atoms with Crippen LogP contribution in [0.1, 0.15) is 25.8 Å². The maximum Gasteiger partial charge on any atom is 0.346 e. The van der Waals surface area contributed by atoms with Crippen LogP contribution < -0.4 is 10.1 Å². The van der Waals surface area contributed by atoms with E-state index in [0.29, 0.717) is 16.5 Å². The van der Waals surface area contributed by atoms with Crippen molar-refractivity contribution in [2.75, 3.05) is 7.11 Å². The molecule has 1 aliphatic rings. The molecule has 1 heterocycles. The van der Waals surface area contributed by atoms with Gasteiger partial charge < -0.3 is 15.2 Å². The number of nitrogens with zero attached hydrogens (tertiary/aromatic N) is 2. The predicted octanol–water partition coefficient (Wildman–Crippen LogP) is 2.22. The third kappa shape index (κ3) is 2.78. The number of amides is 3. The molecule has 0 bridgehead atoms. The van der Waals surface area contributed by atoms with E-state index < -0.39 is 17.5 Å². The summed E-state index contributed by atoms with van der Waals surface area (Å²) in [5, 5.41) is 17.1. The number of carbonyl (C=O) groups is 2. The third-order valence-corrected chi connectivity index (χ3v) is 4.14. The van der Waals surface area contributed by atoms with E-state index in [1.54, 1.807) is 19.1 Å². The number of urea groups is 1. The van der Waals surface area contributed by atoms with Gasteiger partial charge in [-0.3, -0.25) is 4.79 Å². The molecule has 0 aliphatic carbocycles. The molecule has 1 aliphatic heterocycles. The Labute approximate surface area is 136 Å². The van der Waals surface area contributed by atoms with Gasteiger partial charge in [0.1, 0.15) is 5.54 Å². The summed E-state index contributed by atoms with van der Waals surface area (Å²) in [5.41, 5.74) is -0.367. The highest BCUT2D eigenvalue weighted by Crippen LogP contribution is 2.34. The fraction of sp³-hybridized carbons (Fsp3) is 0.357. The lowest BCUT2D eigenvalue weighted by molar-refractivity contribution is -0.130. The van der Waals surface area contributed by atoms with Gasteiger partial charge in [0.2, 0.25) is 0 Å². The minimum Gasteiger partial charge on any atom is -0.503 e. The zero-order valence-corrected chi connectivity index (χ0v) is 14.0. The van der Waals surface area contributed by atoms with E-state index >= 15 is 0 Å². The summed E-state index contributed by atoms with van der Waals surface area (Å²) in [7, 11) is 1.42. The average Bonchev–Trinajstić information content (AvgIpc) is 2.71. The number of phenolic OH excluding ortho intramolecular Hbond substituents is 1. The normalized spacial score (nSPS) is 21.5. The van der Waals surface area contributed by atoms with E-state index in [0.717, 1.165) is 5.01 Å². The van der Waals surface area contributed by atoms with Crippen LogP contribution in [0.3, 0.4) is 0 Å². The largest absolute Gasteiger partial charge is 0.503 e. The van der Waals surface area contributed by atoms with Crippen molar-refractivity contribution in [3.05, 3.63) is 22.2 Å². The van der Waals surface area contributed by atoms with Crippen molar-refractivity contribution in [3.63, 3.8) is 0 Å². The highest BCUT2D eigenvalue weighted by atomic mass is 79.9. The molecule has 0 radical (unpaired) electrons. The standard InChI is InChI=1S/C14H16BrN3O4/c1-4-14(2)12(20)18(13(21)17-14)16-7-8-5-9(15)11(19)10(6-8)22-3/h5-7,19H,4H2,1-3H3,(H,17,21)/b16-7+/t14-/m0/s1. The van der Waals surface area contributed by atoms with Crippen LogP contribution in [0, 0.1) is 0 Å². The van der Waals surface area contributed by atoms with Gasteiger partial charge in [-0.2, -0.15) is 5.10 Å². The maximum absolute atomic E-state index is 12.2. The Balaban J connectivity index is 2.28. The number of methoxy groups -OCH3 is 1. The Morgan fingerprint density at radius 1 is 1.50 bits per heavy atom. The molecule has 1 aromatic rings. The lowest BCUT2D eigenvalue weighted by Gasteiger charge is -2.17. The second-order valence-electron chi connectivity index (χ2n) is 5.03. The Bertz CT molecular complexity index is 662. The molecule has 118 valence electrons. The number of hydrogen-bond acceptors (Lipinski definition) is 5. The summed E-state index contributed by atoms with van der Waals surface area (Å²) >= 11 is 3.19. The summed E-state index contributed by atoms with van der Waals surface area (Å²) in [6, 6.07) is 2.58. The van der Waals surface area contributed by atoms with E-state index in [1.165, 1.54) is 13.3 Å². The molecule has 0 aromatic heterocycles. The molecule has 1 atom stereocenters. The predicted molar refractivity (Wildman–Crippen MR) is 84.0 cm³/mol. The Morgan fingerprint density at radius 3 is 2.73 bits per heavy atom. The molecule has 8 heteroatoms. The van der Waals surface area contributed by atoms with Gasteiger partial charge in [-0.1, -0.05) is 6.92 Å². The zero-order chi connectivity index (χ0) is 16.5. The van der Waals surface area contributed by atoms with Crippen LogP contribution in [0.25, 0.3) is 0 Å². The first-order chi connectivity index (χ1) is 10.3. The summed E-state index contributed by atoms with van der Waals surface area (Å²) in [6.45, 7) is 3.47. The van der Waals surface area contributed by atoms with Crippen molar-refractivity contribution >= 4 is 34.1 Å². The van der Waals surface area contributed by atoms with Crippen LogP contribution in [0.15, 0.2) is 21.7 Å². The lowest BCUT2D eigenvalue weighted by Crippen LogP contribution is -2.42. The summed E-state index contributed by atoms with van der Waals surface area (Å²) in [6.07, 6.45) is 1.83. The summed E-state index contributed by atoms with van der Waals surface area (Å²) in [5.74, 6) is -0.180. The van der Waals surface area contributed by atoms with Crippen LogP contribution in [-0.2, 0) is 4.79 Å². The number of benzene rings is 1. The zero-order valence-electron chi connectivity index (χ0n) is 12.4. The van der Waals surface area contributed by atoms with Gasteiger partial charge in [0.25, 0.3) is 5.91 Å². The van der Waals surface area contributed by atoms with Crippen LogP contribution in [0.5, 0.6) is 11.5 Å². The van der Waals surface area contributed by atoms with E-state index in [-0.39, 0.29) is 11.5 Å². The molecule has 1 fully saturated rings. The van der Waals surface area contributed by atoms with Gasteiger partial charge in [-0.15, -0.1) is 5.01 Å². The monoisotopic (exact) mass is 369 g/mol. The number of hydrazone groups is 1. The van der Waals surface area contributed by atoms with Gasteiger partial charge in [-0.05, 0) is 47.0 Å². The maximum atomic E-state index is 12.2. The molecule has 1 aromatic carbocycles. The lowest BCUT2D eigenvalue weighted by atomic mass is 10.00. The van der Waals surface area contributed by atoms with Gasteiger partial charge in [-0.25, -0.2) is 4.79 Å². The van der Waals surface area contributed by atoms with Crippen molar-refractivity contribution in [3.8, 4) is 11.5 Å². The summed E-state index contributed by atoms with van der Waals surface area (Å²) in [4.78, 5) is 24.0. The number of carbonyl (C=O) groups excluding carboxylic acids is 2. The van der Waals surface area contributed by atoms with Crippen LogP contribution in [0.4, 0.5) is 4.79 Å². The molecule has 0 unspecified atom stereocenters. The Kier molecular flexibility index (Phi) is 4.41. The van der Waals surface area contributed by atoms with Crippen molar-refractivity contribution in [2.24, 2.45) is 5.10 Å². The van der Waals surface area contributed by atoms with Crippen molar-refractivity contribution in [2.45, 2.75) is 25.8 Å². The van der Waals surface area contributed by atoms with Crippen LogP contribution in [-0.4, -0.2) is 40.9 Å². The number of imide groups is 1. The fourth-order valence-electron chi connectivity index (χ4n) is 1.96. The molecular formula is C14H16BrN3O4. The molecule has 2 N–H and O–H groups in total. The highest BCUT2D eigenvalue weighted by molar-refractivity contribution is 9.10. The molecule has 3 amide bonds. The van der Waals surface area contributed by atoms with E-state index in [4.69, 9.17) is 4.74 Å². The van der Waals surface area contributed by atoms with Crippen molar-refractivity contribution in [1.29, 1.82) is 0 Å². The number of ether oxygens (including phenoxy) is 1. The molecule has 1 saturated heterocycles. The first-order valence-electron chi connectivity index (χ1n) is 6.59. The minimum absolute atomic E-state index is 0.0341. The Morgan fingerprint density at radius 2 is 2.18 bits per heavy atom. The quantitative estimate of drug-likeness (QED) is 0.628. The molecule has 0 spiro atoms. The first-order valence-corrected chi connectivity index (χ1v) is 7.39. The number of rotatable bonds is 4. The molecule has 2 rings (SSSR count). The van der Waals surface area contributed by atoms with Crippen LogP contribution >= 0.6 is 15.9 Å². The molecule has 7 nitrogen and oxygen atoms in total. The summed E-state index contributed by atoms with van der Waals surface area (Å²) < 4.78 is 5.45. The molecular weight excluding hydrogens is 354 g/mol. The second kappa shape index (κ2) is 5.96. The van der Waals surface area contributed by atoms with E-state index in [2.05, 4.69) is 26.3 Å². The fourth-order valence-corrected chi connectivity index (χ4v) is 2.42. The van der Waals surface area contributed by atoms with Crippen molar-refractivity contribution in [1.82, 2.24) is 10.3 Å². The van der Waals surface area contributed by atoms with E-state index in [1.807, 2.05) is 6.92 Å². The number of nitrogens with one attached hydrogen (secondary N) is 1. The van der Waals surface area contributed by atoms with Crippen LogP contribution in [0.2, 0.25) is 0 Å². The van der Waals surface area contributed by atoms with Gasteiger partial charge in [0.15, 0.2) is 11.5 Å². The van der Waals surface area contributed by atoms with Gasteiger partial charge in [0, 0.05) is 0 Å².